The van der Waals surface area contributed by atoms with Crippen molar-refractivity contribution in [2.45, 2.75) is 46.6 Å². The third-order valence-corrected chi connectivity index (χ3v) is 7.86. The second-order valence-corrected chi connectivity index (χ2v) is 10.4. The van der Waals surface area contributed by atoms with E-state index in [1.807, 2.05) is 31.2 Å². The Hall–Kier alpha value is -3.23. The van der Waals surface area contributed by atoms with Crippen LogP contribution in [0.4, 0.5) is 0 Å². The zero-order valence-electron chi connectivity index (χ0n) is 20.8. The lowest BCUT2D eigenvalue weighted by molar-refractivity contribution is 0.0492. The van der Waals surface area contributed by atoms with Gasteiger partial charge in [0.05, 0.1) is 27.8 Å². The molecule has 0 bridgehead atoms. The molecule has 0 unspecified atom stereocenters. The van der Waals surface area contributed by atoms with E-state index in [0.717, 1.165) is 29.7 Å². The summed E-state index contributed by atoms with van der Waals surface area (Å²) in [7, 11) is 0. The molecule has 1 saturated heterocycles. The fraction of sp³-hybridized carbons (Fsp3) is 0.393. The highest BCUT2D eigenvalue weighted by Gasteiger charge is 2.29. The first-order valence-electron chi connectivity index (χ1n) is 12.5. The number of ether oxygens (including phenoxy) is 1. The molecule has 5 rings (SSSR count). The lowest BCUT2D eigenvalue weighted by atomic mass is 9.97. The van der Waals surface area contributed by atoms with E-state index >= 15 is 0 Å². The summed E-state index contributed by atoms with van der Waals surface area (Å²) >= 11 is 1.33. The van der Waals surface area contributed by atoms with E-state index in [9.17, 15) is 14.7 Å². The molecule has 2 aromatic heterocycles. The number of aryl methyl sites for hydroxylation is 1. The van der Waals surface area contributed by atoms with Gasteiger partial charge < -0.3 is 14.3 Å². The van der Waals surface area contributed by atoms with Crippen LogP contribution in [-0.4, -0.2) is 40.7 Å². The minimum atomic E-state index is -0.720. The van der Waals surface area contributed by atoms with Gasteiger partial charge in [-0.25, -0.2) is 9.78 Å². The first-order chi connectivity index (χ1) is 17.4. The predicted octanol–water partition coefficient (Wildman–Crippen LogP) is 5.75. The molecule has 1 N–H and O–H groups in total. The van der Waals surface area contributed by atoms with E-state index in [4.69, 9.17) is 9.15 Å². The molecule has 0 saturated carbocycles. The fourth-order valence-corrected chi connectivity index (χ4v) is 6.04. The van der Waals surface area contributed by atoms with Crippen molar-refractivity contribution in [1.82, 2.24) is 9.88 Å². The summed E-state index contributed by atoms with van der Waals surface area (Å²) in [6.07, 6.45) is 2.81. The molecule has 36 heavy (non-hydrogen) atoms. The highest BCUT2D eigenvalue weighted by molar-refractivity contribution is 7.21. The smallest absolute Gasteiger partial charge is 0.375 e. The van der Waals surface area contributed by atoms with E-state index in [-0.39, 0.29) is 34.7 Å². The summed E-state index contributed by atoms with van der Waals surface area (Å²) < 4.78 is 12.4. The quantitative estimate of drug-likeness (QED) is 0.333. The summed E-state index contributed by atoms with van der Waals surface area (Å²) in [5.41, 5.74) is 1.95. The summed E-state index contributed by atoms with van der Waals surface area (Å²) in [4.78, 5) is 34.0. The predicted molar refractivity (Wildman–Crippen MR) is 142 cm³/mol. The van der Waals surface area contributed by atoms with Crippen LogP contribution >= 0.6 is 11.3 Å². The fourth-order valence-electron chi connectivity index (χ4n) is 5.03. The number of hydrogen-bond donors (Lipinski definition) is 1. The number of phenolic OH excluding ortho intramolecular Hbond substituents is 1. The monoisotopic (exact) mass is 506 g/mol. The molecular formula is C28H30N2O5S. The largest absolute Gasteiger partial charge is 0.507 e. The van der Waals surface area contributed by atoms with Crippen LogP contribution in [0.2, 0.25) is 0 Å². The molecule has 1 aliphatic rings. The van der Waals surface area contributed by atoms with Crippen molar-refractivity contribution < 1.29 is 19.1 Å². The zero-order valence-corrected chi connectivity index (χ0v) is 21.6. The minimum Gasteiger partial charge on any atom is -0.507 e. The summed E-state index contributed by atoms with van der Waals surface area (Å²) in [6.45, 7) is 8.24. The number of likely N-dealkylation sites (tertiary alicyclic amines) is 1. The van der Waals surface area contributed by atoms with Crippen molar-refractivity contribution in [2.24, 2.45) is 5.92 Å². The Kier molecular flexibility index (Phi) is 6.81. The Morgan fingerprint density at radius 3 is 2.83 bits per heavy atom. The Morgan fingerprint density at radius 1 is 1.31 bits per heavy atom. The number of phenols is 1. The number of esters is 1. The lowest BCUT2D eigenvalue weighted by Crippen LogP contribution is -2.34. The van der Waals surface area contributed by atoms with Gasteiger partial charge in [-0.2, -0.15) is 0 Å². The molecule has 0 amide bonds. The first-order valence-corrected chi connectivity index (χ1v) is 13.3. The van der Waals surface area contributed by atoms with E-state index in [1.54, 1.807) is 13.0 Å². The number of nitrogens with zero attached hydrogens (tertiary/aromatic N) is 2. The number of thiazole rings is 1. The molecule has 0 aliphatic carbocycles. The molecule has 0 spiro atoms. The highest BCUT2D eigenvalue weighted by Crippen LogP contribution is 2.37. The number of para-hydroxylation sites is 1. The van der Waals surface area contributed by atoms with Crippen molar-refractivity contribution in [3.05, 3.63) is 57.4 Å². The number of benzene rings is 2. The highest BCUT2D eigenvalue weighted by atomic mass is 32.1. The van der Waals surface area contributed by atoms with E-state index in [0.29, 0.717) is 40.4 Å². The average molecular weight is 507 g/mol. The summed E-state index contributed by atoms with van der Waals surface area (Å²) in [5, 5.41) is 11.9. The number of hydrogen-bond acceptors (Lipinski definition) is 8. The molecular weight excluding hydrogens is 476 g/mol. The molecule has 0 radical (unpaired) electrons. The standard InChI is InChI=1S/C28H30N2O5S/c1-4-17-13-18-24(32)22(27-29-20-10-6-7-11-21(20)36-27)26(28(33)34-5-2)35-25(18)19(23(17)31)15-30-12-8-9-16(3)14-30/h6-7,10-11,13,16,31H,4-5,8-9,12,14-15H2,1-3H3/t16-/m0/s1. The van der Waals surface area contributed by atoms with Crippen LogP contribution in [0.15, 0.2) is 39.5 Å². The summed E-state index contributed by atoms with van der Waals surface area (Å²) in [5.74, 6) is -0.226. The number of carbonyl (C=O) groups is 1. The maximum Gasteiger partial charge on any atom is 0.375 e. The van der Waals surface area contributed by atoms with Crippen LogP contribution in [0.5, 0.6) is 5.75 Å². The second-order valence-electron chi connectivity index (χ2n) is 9.42. The first kappa shape index (κ1) is 24.5. The molecule has 3 heterocycles. The van der Waals surface area contributed by atoms with Crippen LogP contribution < -0.4 is 5.43 Å². The van der Waals surface area contributed by atoms with Crippen molar-refractivity contribution in [2.75, 3.05) is 19.7 Å². The van der Waals surface area contributed by atoms with Gasteiger partial charge in [-0.15, -0.1) is 11.3 Å². The lowest BCUT2D eigenvalue weighted by Gasteiger charge is -2.31. The second kappa shape index (κ2) is 10.0. The number of fused-ring (bicyclic) bond motifs is 2. The molecule has 4 aromatic rings. The Morgan fingerprint density at radius 2 is 2.11 bits per heavy atom. The van der Waals surface area contributed by atoms with Crippen LogP contribution in [0, 0.1) is 5.92 Å². The van der Waals surface area contributed by atoms with Crippen LogP contribution in [0.3, 0.4) is 0 Å². The Balaban J connectivity index is 1.77. The van der Waals surface area contributed by atoms with Crippen molar-refractivity contribution in [3.63, 3.8) is 0 Å². The minimum absolute atomic E-state index is 0.104. The van der Waals surface area contributed by atoms with Crippen molar-refractivity contribution in [1.29, 1.82) is 0 Å². The molecule has 188 valence electrons. The summed E-state index contributed by atoms with van der Waals surface area (Å²) in [6, 6.07) is 9.26. The average Bonchev–Trinajstić information content (AvgIpc) is 3.29. The van der Waals surface area contributed by atoms with Gasteiger partial charge in [0, 0.05) is 13.1 Å². The van der Waals surface area contributed by atoms with Gasteiger partial charge in [0.1, 0.15) is 21.9 Å². The number of aromatic nitrogens is 1. The van der Waals surface area contributed by atoms with Crippen LogP contribution in [0.25, 0.3) is 31.8 Å². The van der Waals surface area contributed by atoms with Crippen molar-refractivity contribution >= 4 is 38.5 Å². The van der Waals surface area contributed by atoms with E-state index in [2.05, 4.69) is 16.8 Å². The molecule has 1 aliphatic heterocycles. The number of rotatable bonds is 6. The molecule has 7 nitrogen and oxygen atoms in total. The number of carbonyl (C=O) groups excluding carboxylic acids is 1. The van der Waals surface area contributed by atoms with Crippen LogP contribution in [-0.2, 0) is 17.7 Å². The van der Waals surface area contributed by atoms with Gasteiger partial charge in [-0.1, -0.05) is 26.0 Å². The maximum absolute atomic E-state index is 14.0. The normalized spacial score (nSPS) is 16.6. The van der Waals surface area contributed by atoms with Gasteiger partial charge >= 0.3 is 5.97 Å². The van der Waals surface area contributed by atoms with E-state index < -0.39 is 5.97 Å². The number of aromatic hydroxyl groups is 1. The zero-order chi connectivity index (χ0) is 25.4. The molecule has 2 aromatic carbocycles. The van der Waals surface area contributed by atoms with Gasteiger partial charge in [0.25, 0.3) is 0 Å². The number of piperidine rings is 1. The topological polar surface area (TPSA) is 92.9 Å². The molecule has 1 fully saturated rings. The molecule has 8 heteroatoms. The van der Waals surface area contributed by atoms with Crippen LogP contribution in [0.1, 0.15) is 55.3 Å². The Labute approximate surface area is 213 Å². The SMILES string of the molecule is CCOC(=O)c1oc2c(CN3CCC[C@H](C)C3)c(O)c(CC)cc2c(=O)c1-c1nc2ccccc2s1. The molecule has 1 atom stereocenters. The van der Waals surface area contributed by atoms with Gasteiger partial charge in [0.2, 0.25) is 11.2 Å². The van der Waals surface area contributed by atoms with Gasteiger partial charge in [0.15, 0.2) is 0 Å². The maximum atomic E-state index is 14.0. The van der Waals surface area contributed by atoms with E-state index in [1.165, 1.54) is 17.8 Å². The Bertz CT molecular complexity index is 1470. The van der Waals surface area contributed by atoms with Crippen molar-refractivity contribution in [3.8, 4) is 16.3 Å². The third-order valence-electron chi connectivity index (χ3n) is 6.80. The third kappa shape index (κ3) is 4.40. The van der Waals surface area contributed by atoms with Gasteiger partial charge in [-0.3, -0.25) is 9.69 Å². The van der Waals surface area contributed by atoms with Gasteiger partial charge in [-0.05, 0) is 62.4 Å².